The van der Waals surface area contributed by atoms with Crippen molar-refractivity contribution >= 4 is 35.0 Å². The molecule has 0 aliphatic carbocycles. The number of hydrogen-bond donors (Lipinski definition) is 2. The first-order valence-electron chi connectivity index (χ1n) is 8.22. The number of anilines is 1. The minimum atomic E-state index is -1.01. The summed E-state index contributed by atoms with van der Waals surface area (Å²) in [6.07, 6.45) is 0. The number of benzene rings is 2. The van der Waals surface area contributed by atoms with Crippen LogP contribution in [-0.2, 0) is 9.53 Å². The Kier molecular flexibility index (Phi) is 5.23. The van der Waals surface area contributed by atoms with Crippen molar-refractivity contribution in [3.05, 3.63) is 77.0 Å². The molecule has 1 atom stereocenters. The molecule has 0 amide bonds. The van der Waals surface area contributed by atoms with E-state index in [1.54, 1.807) is 17.0 Å². The second-order valence-electron chi connectivity index (χ2n) is 5.97. The largest absolute Gasteiger partial charge is 0.478 e. The van der Waals surface area contributed by atoms with Crippen molar-refractivity contribution in [2.75, 3.05) is 12.0 Å². The molecule has 0 fully saturated rings. The molecule has 0 radical (unpaired) electrons. The molecule has 0 saturated carbocycles. The van der Waals surface area contributed by atoms with Gasteiger partial charge in [0, 0.05) is 11.4 Å². The minimum Gasteiger partial charge on any atom is -0.478 e. The van der Waals surface area contributed by atoms with Crippen molar-refractivity contribution in [2.24, 2.45) is 0 Å². The van der Waals surface area contributed by atoms with Crippen LogP contribution in [0.3, 0.4) is 0 Å². The van der Waals surface area contributed by atoms with Crippen LogP contribution in [-0.4, -0.2) is 29.3 Å². The maximum Gasteiger partial charge on any atom is 0.337 e. The molecule has 138 valence electrons. The highest BCUT2D eigenvalue weighted by atomic mass is 32.1. The number of carboxylic acid groups (broad SMARTS) is 1. The van der Waals surface area contributed by atoms with Gasteiger partial charge in [-0.25, -0.2) is 9.59 Å². The van der Waals surface area contributed by atoms with Crippen LogP contribution in [0.2, 0.25) is 0 Å². The standard InChI is InChI=1S/C20H18N2O4S/c1-12-16(19(25)26-2)17(13-8-10-14(11-9-13)18(23)24)21-20(27)22(12)15-6-4-3-5-7-15/h3-11,17H,1-2H3,(H,21,27)(H,23,24)/t17-/m0/s1. The second-order valence-corrected chi connectivity index (χ2v) is 6.36. The van der Waals surface area contributed by atoms with E-state index >= 15 is 0 Å². The van der Waals surface area contributed by atoms with Gasteiger partial charge in [-0.15, -0.1) is 0 Å². The molecule has 27 heavy (non-hydrogen) atoms. The summed E-state index contributed by atoms with van der Waals surface area (Å²) in [6.45, 7) is 1.81. The molecule has 7 heteroatoms. The van der Waals surface area contributed by atoms with Crippen molar-refractivity contribution in [1.29, 1.82) is 0 Å². The number of nitrogens with zero attached hydrogens (tertiary/aromatic N) is 1. The Balaban J connectivity index is 2.09. The fourth-order valence-corrected chi connectivity index (χ4v) is 3.43. The number of carbonyl (C=O) groups is 2. The van der Waals surface area contributed by atoms with Crippen LogP contribution in [0.4, 0.5) is 5.69 Å². The number of rotatable bonds is 4. The van der Waals surface area contributed by atoms with Crippen LogP contribution < -0.4 is 10.2 Å². The molecule has 3 rings (SSSR count). The Morgan fingerprint density at radius 2 is 1.74 bits per heavy atom. The minimum absolute atomic E-state index is 0.170. The van der Waals surface area contributed by atoms with Gasteiger partial charge in [-0.05, 0) is 49.0 Å². The normalized spacial score (nSPS) is 16.7. The van der Waals surface area contributed by atoms with Crippen molar-refractivity contribution in [2.45, 2.75) is 13.0 Å². The number of hydrogen-bond acceptors (Lipinski definition) is 4. The van der Waals surface area contributed by atoms with Crippen molar-refractivity contribution in [3.8, 4) is 0 Å². The number of allylic oxidation sites excluding steroid dienone is 1. The number of aromatic carboxylic acids is 1. The van der Waals surface area contributed by atoms with E-state index in [4.69, 9.17) is 22.1 Å². The summed E-state index contributed by atoms with van der Waals surface area (Å²) in [5.74, 6) is -1.49. The molecule has 0 unspecified atom stereocenters. The second kappa shape index (κ2) is 7.59. The lowest BCUT2D eigenvalue weighted by atomic mass is 9.94. The third-order valence-corrected chi connectivity index (χ3v) is 4.70. The molecule has 1 aliphatic heterocycles. The molecule has 0 spiro atoms. The van der Waals surface area contributed by atoms with E-state index in [9.17, 15) is 9.59 Å². The van der Waals surface area contributed by atoms with Crippen LogP contribution in [0.5, 0.6) is 0 Å². The van der Waals surface area contributed by atoms with Gasteiger partial charge >= 0.3 is 11.9 Å². The van der Waals surface area contributed by atoms with Crippen LogP contribution in [0.25, 0.3) is 0 Å². The molecule has 0 bridgehead atoms. The lowest BCUT2D eigenvalue weighted by Gasteiger charge is -2.37. The fourth-order valence-electron chi connectivity index (χ4n) is 3.07. The zero-order chi connectivity index (χ0) is 19.6. The predicted molar refractivity (Wildman–Crippen MR) is 106 cm³/mol. The van der Waals surface area contributed by atoms with Gasteiger partial charge in [-0.1, -0.05) is 30.3 Å². The quantitative estimate of drug-likeness (QED) is 0.621. The van der Waals surface area contributed by atoms with E-state index in [0.717, 1.165) is 11.3 Å². The highest BCUT2D eigenvalue weighted by molar-refractivity contribution is 7.80. The van der Waals surface area contributed by atoms with E-state index in [0.29, 0.717) is 16.4 Å². The molecule has 2 N–H and O–H groups in total. The lowest BCUT2D eigenvalue weighted by Crippen LogP contribution is -2.48. The first-order valence-corrected chi connectivity index (χ1v) is 8.63. The number of carboxylic acids is 1. The summed E-state index contributed by atoms with van der Waals surface area (Å²) in [5.41, 5.74) is 2.79. The van der Waals surface area contributed by atoms with E-state index in [1.807, 2.05) is 37.3 Å². The summed E-state index contributed by atoms with van der Waals surface area (Å²) >= 11 is 5.54. The first-order chi connectivity index (χ1) is 12.9. The maximum atomic E-state index is 12.5. The van der Waals surface area contributed by atoms with Gasteiger partial charge < -0.3 is 15.2 Å². The number of nitrogens with one attached hydrogen (secondary N) is 1. The zero-order valence-electron chi connectivity index (χ0n) is 14.8. The molecule has 0 aromatic heterocycles. The number of esters is 1. The average molecular weight is 382 g/mol. The number of methoxy groups -OCH3 is 1. The Morgan fingerprint density at radius 1 is 1.11 bits per heavy atom. The van der Waals surface area contributed by atoms with E-state index in [1.165, 1.54) is 19.2 Å². The summed E-state index contributed by atoms with van der Waals surface area (Å²) in [7, 11) is 1.33. The fraction of sp³-hybridized carbons (Fsp3) is 0.150. The maximum absolute atomic E-state index is 12.5. The van der Waals surface area contributed by atoms with Gasteiger partial charge in [0.1, 0.15) is 0 Å². The Labute approximate surface area is 162 Å². The highest BCUT2D eigenvalue weighted by Crippen LogP contribution is 2.34. The summed E-state index contributed by atoms with van der Waals surface area (Å²) in [6, 6.07) is 15.3. The molecule has 1 heterocycles. The highest BCUT2D eigenvalue weighted by Gasteiger charge is 2.35. The van der Waals surface area contributed by atoms with Crippen molar-refractivity contribution in [3.63, 3.8) is 0 Å². The molecule has 6 nitrogen and oxygen atoms in total. The first kappa shape index (κ1) is 18.6. The number of ether oxygens (including phenoxy) is 1. The summed E-state index contributed by atoms with van der Waals surface area (Å²) in [4.78, 5) is 25.4. The number of para-hydroxylation sites is 1. The monoisotopic (exact) mass is 382 g/mol. The van der Waals surface area contributed by atoms with Gasteiger partial charge in [0.15, 0.2) is 5.11 Å². The van der Waals surface area contributed by atoms with Gasteiger partial charge in [-0.3, -0.25) is 4.90 Å². The third-order valence-electron chi connectivity index (χ3n) is 4.40. The van der Waals surface area contributed by atoms with E-state index < -0.39 is 18.0 Å². The van der Waals surface area contributed by atoms with Crippen LogP contribution in [0.15, 0.2) is 65.9 Å². The third kappa shape index (κ3) is 3.54. The van der Waals surface area contributed by atoms with Crippen LogP contribution >= 0.6 is 12.2 Å². The molecule has 0 saturated heterocycles. The van der Waals surface area contributed by atoms with Crippen molar-refractivity contribution in [1.82, 2.24) is 5.32 Å². The molecule has 2 aromatic carbocycles. The molecular weight excluding hydrogens is 364 g/mol. The van der Waals surface area contributed by atoms with Gasteiger partial charge in [0.25, 0.3) is 0 Å². The predicted octanol–water partition coefficient (Wildman–Crippen LogP) is 3.27. The number of thiocarbonyl (C=S) groups is 1. The van der Waals surface area contributed by atoms with Crippen molar-refractivity contribution < 1.29 is 19.4 Å². The molecule has 2 aromatic rings. The van der Waals surface area contributed by atoms with E-state index in [2.05, 4.69) is 5.32 Å². The average Bonchev–Trinajstić information content (AvgIpc) is 2.68. The zero-order valence-corrected chi connectivity index (χ0v) is 15.6. The number of carbonyl (C=O) groups excluding carboxylic acids is 1. The van der Waals surface area contributed by atoms with Crippen LogP contribution in [0.1, 0.15) is 28.9 Å². The Morgan fingerprint density at radius 3 is 2.30 bits per heavy atom. The molecule has 1 aliphatic rings. The lowest BCUT2D eigenvalue weighted by molar-refractivity contribution is -0.136. The Hall–Kier alpha value is -3.19. The van der Waals surface area contributed by atoms with E-state index in [-0.39, 0.29) is 5.56 Å². The Bertz CT molecular complexity index is 923. The topological polar surface area (TPSA) is 78.9 Å². The smallest absolute Gasteiger partial charge is 0.337 e. The summed E-state index contributed by atoms with van der Waals surface area (Å²) in [5, 5.41) is 12.7. The SMILES string of the molecule is COC(=O)C1=C(C)N(c2ccccc2)C(=S)N[C@H]1c1ccc(C(=O)O)cc1. The summed E-state index contributed by atoms with van der Waals surface area (Å²) < 4.78 is 4.99. The van der Waals surface area contributed by atoms with Gasteiger partial charge in [-0.2, -0.15) is 0 Å². The van der Waals surface area contributed by atoms with Crippen LogP contribution in [0, 0.1) is 0 Å². The molecular formula is C20H18N2O4S. The van der Waals surface area contributed by atoms with Gasteiger partial charge in [0.05, 0.1) is 24.3 Å². The van der Waals surface area contributed by atoms with Gasteiger partial charge in [0.2, 0.25) is 0 Å².